The average Bonchev–Trinajstić information content (AvgIpc) is 2.56. The highest BCUT2D eigenvalue weighted by atomic mass is 35.5. The Balaban J connectivity index is 1.61. The molecule has 1 N–H and O–H groups in total. The molecule has 1 amide bonds. The van der Waals surface area contributed by atoms with Crippen molar-refractivity contribution in [1.82, 2.24) is 5.32 Å². The Hall–Kier alpha value is -1.71. The summed E-state index contributed by atoms with van der Waals surface area (Å²) < 4.78 is 5.48. The molecule has 23 heavy (non-hydrogen) atoms. The average molecular weight is 350 g/mol. The second-order valence-corrected chi connectivity index (χ2v) is 6.34. The van der Waals surface area contributed by atoms with E-state index in [1.807, 2.05) is 12.1 Å². The molecule has 0 aliphatic heterocycles. The van der Waals surface area contributed by atoms with Crippen LogP contribution in [0.4, 0.5) is 0 Å². The van der Waals surface area contributed by atoms with Crippen molar-refractivity contribution in [3.63, 3.8) is 0 Å². The van der Waals surface area contributed by atoms with Crippen LogP contribution >= 0.6 is 23.2 Å². The van der Waals surface area contributed by atoms with Gasteiger partial charge in [-0.15, -0.1) is 0 Å². The first-order valence-electron chi connectivity index (χ1n) is 7.59. The van der Waals surface area contributed by atoms with Gasteiger partial charge in [0, 0.05) is 0 Å². The fourth-order valence-corrected chi connectivity index (χ4v) is 3.23. The van der Waals surface area contributed by atoms with Crippen LogP contribution in [0.3, 0.4) is 0 Å². The highest BCUT2D eigenvalue weighted by Gasteiger charge is 2.21. The van der Waals surface area contributed by atoms with Gasteiger partial charge in [-0.05, 0) is 42.5 Å². The third kappa shape index (κ3) is 3.80. The van der Waals surface area contributed by atoms with Crippen LogP contribution in [0.1, 0.15) is 30.0 Å². The van der Waals surface area contributed by atoms with Gasteiger partial charge in [0.2, 0.25) is 0 Å². The number of nitrogens with one attached hydrogen (secondary N) is 1. The first-order chi connectivity index (χ1) is 11.1. The quantitative estimate of drug-likeness (QED) is 0.878. The van der Waals surface area contributed by atoms with Crippen LogP contribution in [0, 0.1) is 0 Å². The molecule has 1 aliphatic rings. The van der Waals surface area contributed by atoms with Crippen LogP contribution in [0.2, 0.25) is 10.0 Å². The summed E-state index contributed by atoms with van der Waals surface area (Å²) >= 11 is 12.0. The summed E-state index contributed by atoms with van der Waals surface area (Å²) in [6, 6.07) is 13.4. The fraction of sp³-hybridized carbons (Fsp3) is 0.278. The Morgan fingerprint density at radius 1 is 1.17 bits per heavy atom. The van der Waals surface area contributed by atoms with E-state index in [4.69, 9.17) is 27.9 Å². The lowest BCUT2D eigenvalue weighted by molar-refractivity contribution is -0.123. The van der Waals surface area contributed by atoms with E-state index < -0.39 is 0 Å². The molecule has 0 heterocycles. The smallest absolute Gasteiger partial charge is 0.258 e. The van der Waals surface area contributed by atoms with Gasteiger partial charge in [0.1, 0.15) is 10.8 Å². The van der Waals surface area contributed by atoms with Crippen molar-refractivity contribution in [2.75, 3.05) is 6.61 Å². The molecule has 2 aromatic carbocycles. The second-order valence-electron chi connectivity index (χ2n) is 5.55. The molecule has 0 bridgehead atoms. The predicted octanol–water partition coefficient (Wildman–Crippen LogP) is 4.57. The van der Waals surface area contributed by atoms with Crippen molar-refractivity contribution in [1.29, 1.82) is 0 Å². The number of ether oxygens (including phenoxy) is 1. The van der Waals surface area contributed by atoms with Crippen LogP contribution in [-0.4, -0.2) is 12.5 Å². The molecule has 5 heteroatoms. The number of fused-ring (bicyclic) bond motifs is 1. The minimum Gasteiger partial charge on any atom is -0.482 e. The van der Waals surface area contributed by atoms with Gasteiger partial charge in [-0.3, -0.25) is 4.79 Å². The SMILES string of the molecule is O=C(COc1cccc(Cl)c1Cl)N[C@@H]1CCCc2ccccc21. The van der Waals surface area contributed by atoms with Crippen molar-refractivity contribution in [2.45, 2.75) is 25.3 Å². The number of halogens is 2. The first kappa shape index (κ1) is 16.2. The van der Waals surface area contributed by atoms with Crippen LogP contribution in [0.25, 0.3) is 0 Å². The summed E-state index contributed by atoms with van der Waals surface area (Å²) in [5, 5.41) is 3.77. The Morgan fingerprint density at radius 3 is 2.87 bits per heavy atom. The molecule has 0 fully saturated rings. The number of carbonyl (C=O) groups excluding carboxylic acids is 1. The molecule has 0 unspecified atom stereocenters. The molecule has 1 atom stereocenters. The zero-order valence-corrected chi connectivity index (χ0v) is 14.0. The van der Waals surface area contributed by atoms with E-state index in [0.717, 1.165) is 19.3 Å². The molecule has 0 aromatic heterocycles. The normalized spacial score (nSPS) is 16.5. The number of rotatable bonds is 4. The van der Waals surface area contributed by atoms with Crippen molar-refractivity contribution in [2.24, 2.45) is 0 Å². The van der Waals surface area contributed by atoms with Crippen LogP contribution < -0.4 is 10.1 Å². The molecule has 0 saturated carbocycles. The Labute approximate surface area is 145 Å². The maximum atomic E-state index is 12.2. The van der Waals surface area contributed by atoms with Gasteiger partial charge in [-0.2, -0.15) is 0 Å². The van der Waals surface area contributed by atoms with Crippen molar-refractivity contribution >= 4 is 29.1 Å². The molecule has 2 aromatic rings. The van der Waals surface area contributed by atoms with Gasteiger partial charge in [0.05, 0.1) is 11.1 Å². The van der Waals surface area contributed by atoms with Crippen molar-refractivity contribution in [3.05, 3.63) is 63.6 Å². The maximum absolute atomic E-state index is 12.2. The zero-order valence-electron chi connectivity index (χ0n) is 12.5. The van der Waals surface area contributed by atoms with E-state index in [-0.39, 0.29) is 18.6 Å². The Kier molecular flexibility index (Phi) is 5.09. The Bertz CT molecular complexity index is 718. The minimum absolute atomic E-state index is 0.0471. The van der Waals surface area contributed by atoms with Gasteiger partial charge < -0.3 is 10.1 Å². The molecule has 3 rings (SSSR count). The van der Waals surface area contributed by atoms with Gasteiger partial charge in [-0.25, -0.2) is 0 Å². The third-order valence-electron chi connectivity index (χ3n) is 3.98. The molecule has 0 spiro atoms. The molecule has 0 radical (unpaired) electrons. The van der Waals surface area contributed by atoms with Crippen LogP contribution in [-0.2, 0) is 11.2 Å². The predicted molar refractivity (Wildman–Crippen MR) is 92.2 cm³/mol. The van der Waals surface area contributed by atoms with Crippen LogP contribution in [0.5, 0.6) is 5.75 Å². The zero-order chi connectivity index (χ0) is 16.2. The van der Waals surface area contributed by atoms with Crippen LogP contribution in [0.15, 0.2) is 42.5 Å². The van der Waals surface area contributed by atoms with E-state index in [1.54, 1.807) is 18.2 Å². The van der Waals surface area contributed by atoms with E-state index in [9.17, 15) is 4.79 Å². The van der Waals surface area contributed by atoms with E-state index in [1.165, 1.54) is 11.1 Å². The highest BCUT2D eigenvalue weighted by Crippen LogP contribution is 2.32. The Morgan fingerprint density at radius 2 is 2.00 bits per heavy atom. The lowest BCUT2D eigenvalue weighted by atomic mass is 9.88. The fourth-order valence-electron chi connectivity index (χ4n) is 2.88. The van der Waals surface area contributed by atoms with Gasteiger partial charge in [0.25, 0.3) is 5.91 Å². The summed E-state index contributed by atoms with van der Waals surface area (Å²) in [6.07, 6.45) is 3.08. The number of amides is 1. The van der Waals surface area contributed by atoms with E-state index >= 15 is 0 Å². The number of benzene rings is 2. The van der Waals surface area contributed by atoms with Crippen molar-refractivity contribution in [3.8, 4) is 5.75 Å². The highest BCUT2D eigenvalue weighted by molar-refractivity contribution is 6.42. The summed E-state index contributed by atoms with van der Waals surface area (Å²) in [6.45, 7) is -0.0846. The lowest BCUT2D eigenvalue weighted by Gasteiger charge is -2.26. The summed E-state index contributed by atoms with van der Waals surface area (Å²) in [5.74, 6) is 0.251. The van der Waals surface area contributed by atoms with E-state index in [0.29, 0.717) is 15.8 Å². The van der Waals surface area contributed by atoms with Crippen molar-refractivity contribution < 1.29 is 9.53 Å². The number of carbonyl (C=O) groups is 1. The topological polar surface area (TPSA) is 38.3 Å². The monoisotopic (exact) mass is 349 g/mol. The summed E-state index contributed by atoms with van der Waals surface area (Å²) in [5.41, 5.74) is 2.51. The second kappa shape index (κ2) is 7.24. The van der Waals surface area contributed by atoms with Gasteiger partial charge in [0.15, 0.2) is 6.61 Å². The number of hydrogen-bond acceptors (Lipinski definition) is 2. The van der Waals surface area contributed by atoms with Gasteiger partial charge in [-0.1, -0.05) is 53.5 Å². The van der Waals surface area contributed by atoms with E-state index in [2.05, 4.69) is 17.4 Å². The first-order valence-corrected chi connectivity index (χ1v) is 8.34. The molecule has 1 aliphatic carbocycles. The molecule has 3 nitrogen and oxygen atoms in total. The minimum atomic E-state index is -0.164. The number of aryl methyl sites for hydroxylation is 1. The largest absolute Gasteiger partial charge is 0.482 e. The third-order valence-corrected chi connectivity index (χ3v) is 4.78. The lowest BCUT2D eigenvalue weighted by Crippen LogP contribution is -2.34. The maximum Gasteiger partial charge on any atom is 0.258 e. The standard InChI is InChI=1S/C18H17Cl2NO2/c19-14-8-4-10-16(18(14)20)23-11-17(22)21-15-9-3-6-12-5-1-2-7-13(12)15/h1-2,4-5,7-8,10,15H,3,6,9,11H2,(H,21,22)/t15-/m1/s1. The summed E-state index contributed by atoms with van der Waals surface area (Å²) in [4.78, 5) is 12.2. The molecular formula is C18H17Cl2NO2. The molecular weight excluding hydrogens is 333 g/mol. The number of hydrogen-bond donors (Lipinski definition) is 1. The summed E-state index contributed by atoms with van der Waals surface area (Å²) in [7, 11) is 0. The molecule has 0 saturated heterocycles. The molecule has 120 valence electrons. The van der Waals surface area contributed by atoms with Gasteiger partial charge >= 0.3 is 0 Å².